The predicted molar refractivity (Wildman–Crippen MR) is 125 cm³/mol. The molecular weight excluding hydrogens is 428 g/mol. The molecule has 1 heterocycles. The number of carbonyl (C=O) groups is 2. The maximum absolute atomic E-state index is 12.3. The zero-order valence-electron chi connectivity index (χ0n) is 18.4. The largest absolute Gasteiger partial charge is 0.352 e. The molecule has 0 radical (unpaired) electrons. The third-order valence-electron chi connectivity index (χ3n) is 4.90. The van der Waals surface area contributed by atoms with Crippen LogP contribution in [0.5, 0.6) is 0 Å². The average Bonchev–Trinajstić information content (AvgIpc) is 3.25. The number of nitrogens with one attached hydrogen (secondary N) is 2. The molecule has 1 aromatic heterocycles. The van der Waals surface area contributed by atoms with E-state index in [9.17, 15) is 9.59 Å². The van der Waals surface area contributed by atoms with Crippen LogP contribution in [-0.4, -0.2) is 28.5 Å². The van der Waals surface area contributed by atoms with Crippen molar-refractivity contribution in [1.29, 1.82) is 0 Å². The first-order chi connectivity index (χ1) is 15.4. The number of halogens is 1. The summed E-state index contributed by atoms with van der Waals surface area (Å²) in [5.74, 6) is 0.891. The molecule has 2 aromatic carbocycles. The molecule has 7 nitrogen and oxygen atoms in total. The number of anilines is 1. The van der Waals surface area contributed by atoms with Crippen LogP contribution in [0.15, 0.2) is 47.0 Å². The molecule has 0 bridgehead atoms. The van der Waals surface area contributed by atoms with E-state index in [1.807, 2.05) is 31.2 Å². The van der Waals surface area contributed by atoms with Crippen molar-refractivity contribution < 1.29 is 14.1 Å². The minimum Gasteiger partial charge on any atom is -0.352 e. The lowest BCUT2D eigenvalue weighted by molar-refractivity contribution is -0.116. The van der Waals surface area contributed by atoms with Gasteiger partial charge in [-0.3, -0.25) is 9.59 Å². The van der Waals surface area contributed by atoms with Crippen LogP contribution in [0.1, 0.15) is 61.3 Å². The normalized spacial score (nSPS) is 10.9. The Hall–Kier alpha value is -3.19. The second-order valence-corrected chi connectivity index (χ2v) is 8.19. The van der Waals surface area contributed by atoms with Gasteiger partial charge < -0.3 is 15.2 Å². The zero-order valence-corrected chi connectivity index (χ0v) is 19.2. The molecule has 0 fully saturated rings. The first-order valence-electron chi connectivity index (χ1n) is 10.7. The van der Waals surface area contributed by atoms with Crippen molar-refractivity contribution in [3.8, 4) is 11.4 Å². The molecule has 3 aromatic rings. The minimum atomic E-state index is -0.235. The van der Waals surface area contributed by atoms with Crippen molar-refractivity contribution in [2.45, 2.75) is 46.0 Å². The molecule has 0 atom stereocenters. The van der Waals surface area contributed by atoms with Gasteiger partial charge >= 0.3 is 0 Å². The van der Waals surface area contributed by atoms with E-state index in [0.717, 1.165) is 12.0 Å². The highest BCUT2D eigenvalue weighted by molar-refractivity contribution is 6.34. The van der Waals surface area contributed by atoms with E-state index in [1.54, 1.807) is 18.2 Å². The van der Waals surface area contributed by atoms with Crippen LogP contribution in [0.4, 0.5) is 5.69 Å². The maximum Gasteiger partial charge on any atom is 0.252 e. The Morgan fingerprint density at radius 1 is 1.12 bits per heavy atom. The Labute approximate surface area is 192 Å². The molecule has 168 valence electrons. The fourth-order valence-corrected chi connectivity index (χ4v) is 3.31. The van der Waals surface area contributed by atoms with Gasteiger partial charge in [0.05, 0.1) is 10.6 Å². The fraction of sp³-hybridized carbons (Fsp3) is 0.333. The zero-order chi connectivity index (χ0) is 23.1. The third kappa shape index (κ3) is 6.17. The summed E-state index contributed by atoms with van der Waals surface area (Å²) < 4.78 is 5.28. The number of aromatic nitrogens is 2. The van der Waals surface area contributed by atoms with Gasteiger partial charge in [-0.2, -0.15) is 4.98 Å². The molecule has 0 saturated carbocycles. The van der Waals surface area contributed by atoms with E-state index < -0.39 is 0 Å². The van der Waals surface area contributed by atoms with Crippen LogP contribution in [0.2, 0.25) is 5.02 Å². The maximum atomic E-state index is 12.3. The van der Waals surface area contributed by atoms with Crippen LogP contribution in [0, 0.1) is 0 Å². The summed E-state index contributed by atoms with van der Waals surface area (Å²) in [7, 11) is 0. The molecule has 0 aliphatic heterocycles. The average molecular weight is 455 g/mol. The predicted octanol–water partition coefficient (Wildman–Crippen LogP) is 5.22. The number of hydrogen-bond acceptors (Lipinski definition) is 5. The van der Waals surface area contributed by atoms with Crippen LogP contribution in [0.3, 0.4) is 0 Å². The SMILES string of the molecule is CCCNC(=O)c1ccc(NC(=O)CCc2nc(-c3ccc(C(C)C)cc3)no2)cc1Cl. The number of carbonyl (C=O) groups excluding carboxylic acids is 2. The van der Waals surface area contributed by atoms with E-state index in [2.05, 4.69) is 34.6 Å². The third-order valence-corrected chi connectivity index (χ3v) is 5.22. The van der Waals surface area contributed by atoms with Gasteiger partial charge in [-0.1, -0.05) is 61.8 Å². The summed E-state index contributed by atoms with van der Waals surface area (Å²) in [6.45, 7) is 6.83. The van der Waals surface area contributed by atoms with Crippen molar-refractivity contribution in [2.75, 3.05) is 11.9 Å². The van der Waals surface area contributed by atoms with Gasteiger partial charge in [0.15, 0.2) is 0 Å². The molecule has 0 spiro atoms. The molecular formula is C24H27ClN4O3. The lowest BCUT2D eigenvalue weighted by atomic mass is 10.0. The molecule has 2 N–H and O–H groups in total. The van der Waals surface area contributed by atoms with Gasteiger partial charge in [0.1, 0.15) is 0 Å². The van der Waals surface area contributed by atoms with E-state index >= 15 is 0 Å². The summed E-state index contributed by atoms with van der Waals surface area (Å²) in [6.07, 6.45) is 1.32. The van der Waals surface area contributed by atoms with Crippen LogP contribution >= 0.6 is 11.6 Å². The first-order valence-corrected chi connectivity index (χ1v) is 11.1. The Morgan fingerprint density at radius 2 is 1.88 bits per heavy atom. The number of benzene rings is 2. The van der Waals surface area contributed by atoms with Gasteiger partial charge in [-0.15, -0.1) is 0 Å². The molecule has 32 heavy (non-hydrogen) atoms. The Morgan fingerprint density at radius 3 is 2.53 bits per heavy atom. The smallest absolute Gasteiger partial charge is 0.252 e. The van der Waals surface area contributed by atoms with Gasteiger partial charge in [0.2, 0.25) is 17.6 Å². The lowest BCUT2D eigenvalue weighted by Gasteiger charge is -2.09. The lowest BCUT2D eigenvalue weighted by Crippen LogP contribution is -2.24. The van der Waals surface area contributed by atoms with Crippen LogP contribution in [-0.2, 0) is 11.2 Å². The second kappa shape index (κ2) is 10.9. The summed E-state index contributed by atoms with van der Waals surface area (Å²) >= 11 is 6.20. The Bertz CT molecular complexity index is 1080. The molecule has 8 heteroatoms. The van der Waals surface area contributed by atoms with Gasteiger partial charge in [-0.25, -0.2) is 0 Å². The van der Waals surface area contributed by atoms with Gasteiger partial charge in [-0.05, 0) is 36.1 Å². The number of amides is 2. The highest BCUT2D eigenvalue weighted by Crippen LogP contribution is 2.22. The molecule has 2 amide bonds. The molecule has 0 unspecified atom stereocenters. The summed E-state index contributed by atoms with van der Waals surface area (Å²) in [6, 6.07) is 12.8. The highest BCUT2D eigenvalue weighted by atomic mass is 35.5. The van der Waals surface area contributed by atoms with Crippen molar-refractivity contribution in [3.63, 3.8) is 0 Å². The van der Waals surface area contributed by atoms with Gasteiger partial charge in [0, 0.05) is 30.6 Å². The number of rotatable bonds is 9. The molecule has 3 rings (SSSR count). The molecule has 0 saturated heterocycles. The summed E-state index contributed by atoms with van der Waals surface area (Å²) in [5.41, 5.74) is 3.00. The van der Waals surface area contributed by atoms with Crippen molar-refractivity contribution in [1.82, 2.24) is 15.5 Å². The summed E-state index contributed by atoms with van der Waals surface area (Å²) in [5, 5.41) is 9.84. The van der Waals surface area contributed by atoms with Crippen molar-refractivity contribution in [3.05, 3.63) is 64.5 Å². The second-order valence-electron chi connectivity index (χ2n) is 7.79. The first kappa shape index (κ1) is 23.5. The van der Waals surface area contributed by atoms with Crippen molar-refractivity contribution in [2.24, 2.45) is 0 Å². The minimum absolute atomic E-state index is 0.171. The number of aryl methyl sites for hydroxylation is 1. The molecule has 0 aliphatic rings. The number of hydrogen-bond donors (Lipinski definition) is 2. The Balaban J connectivity index is 1.54. The van der Waals surface area contributed by atoms with E-state index in [0.29, 0.717) is 41.8 Å². The van der Waals surface area contributed by atoms with E-state index in [4.69, 9.17) is 16.1 Å². The Kier molecular flexibility index (Phi) is 8.00. The van der Waals surface area contributed by atoms with Gasteiger partial charge in [0.25, 0.3) is 5.91 Å². The standard InChI is InChI=1S/C24H27ClN4O3/c1-4-13-26-24(31)19-10-9-18(14-20(19)25)27-21(30)11-12-22-28-23(29-32-22)17-7-5-16(6-8-17)15(2)3/h5-10,14-15H,4,11-13H2,1-3H3,(H,26,31)(H,27,30). The quantitative estimate of drug-likeness (QED) is 0.461. The fourth-order valence-electron chi connectivity index (χ4n) is 3.05. The van der Waals surface area contributed by atoms with Crippen LogP contribution in [0.25, 0.3) is 11.4 Å². The number of nitrogens with zero attached hydrogens (tertiary/aromatic N) is 2. The topological polar surface area (TPSA) is 97.1 Å². The summed E-state index contributed by atoms with van der Waals surface area (Å²) in [4.78, 5) is 28.8. The van der Waals surface area contributed by atoms with E-state index in [-0.39, 0.29) is 23.3 Å². The highest BCUT2D eigenvalue weighted by Gasteiger charge is 2.13. The van der Waals surface area contributed by atoms with E-state index in [1.165, 1.54) is 5.56 Å². The molecule has 0 aliphatic carbocycles. The van der Waals surface area contributed by atoms with Crippen molar-refractivity contribution >= 4 is 29.1 Å². The van der Waals surface area contributed by atoms with Crippen LogP contribution < -0.4 is 10.6 Å². The monoisotopic (exact) mass is 454 g/mol.